The third-order valence-corrected chi connectivity index (χ3v) is 2.86. The zero-order chi connectivity index (χ0) is 13.7. The van der Waals surface area contributed by atoms with Crippen LogP contribution in [-0.2, 0) is 4.79 Å². The van der Waals surface area contributed by atoms with Crippen molar-refractivity contribution in [3.8, 4) is 0 Å². The van der Waals surface area contributed by atoms with Gasteiger partial charge in [-0.25, -0.2) is 4.79 Å². The molecule has 5 nitrogen and oxygen atoms in total. The van der Waals surface area contributed by atoms with E-state index in [-0.39, 0.29) is 11.5 Å². The van der Waals surface area contributed by atoms with Crippen LogP contribution in [0.2, 0.25) is 5.02 Å². The van der Waals surface area contributed by atoms with Gasteiger partial charge in [-0.2, -0.15) is 0 Å². The van der Waals surface area contributed by atoms with Crippen LogP contribution in [0.15, 0.2) is 18.2 Å². The van der Waals surface area contributed by atoms with Crippen LogP contribution < -0.4 is 10.2 Å². The Labute approximate surface area is 110 Å². The second-order valence-corrected chi connectivity index (χ2v) is 4.22. The van der Waals surface area contributed by atoms with Gasteiger partial charge >= 0.3 is 5.97 Å². The van der Waals surface area contributed by atoms with E-state index in [1.807, 2.05) is 4.90 Å². The molecule has 0 atom stereocenters. The molecule has 1 rings (SSSR count). The average Bonchev–Trinajstić information content (AvgIpc) is 2.35. The minimum Gasteiger partial charge on any atom is -0.478 e. The molecule has 0 fully saturated rings. The molecule has 6 heteroatoms. The number of carboxylic acid groups (broad SMARTS) is 1. The normalized spacial score (nSPS) is 9.94. The Morgan fingerprint density at radius 3 is 2.61 bits per heavy atom. The van der Waals surface area contributed by atoms with Crippen molar-refractivity contribution in [3.05, 3.63) is 28.8 Å². The first-order valence-corrected chi connectivity index (χ1v) is 5.78. The Bertz CT molecular complexity index is 463. The Hall–Kier alpha value is -1.75. The van der Waals surface area contributed by atoms with Crippen LogP contribution in [0, 0.1) is 0 Å². The van der Waals surface area contributed by atoms with Gasteiger partial charge in [0, 0.05) is 27.1 Å². The van der Waals surface area contributed by atoms with E-state index in [4.69, 9.17) is 16.7 Å². The van der Waals surface area contributed by atoms with Gasteiger partial charge < -0.3 is 15.3 Å². The number of carbonyl (C=O) groups excluding carboxylic acids is 1. The highest BCUT2D eigenvalue weighted by molar-refractivity contribution is 6.33. The average molecular weight is 271 g/mol. The number of hydrogen-bond donors (Lipinski definition) is 2. The van der Waals surface area contributed by atoms with Crippen LogP contribution in [0.5, 0.6) is 0 Å². The summed E-state index contributed by atoms with van der Waals surface area (Å²) in [7, 11) is 3.38. The Morgan fingerprint density at radius 1 is 1.44 bits per heavy atom. The molecular weight excluding hydrogens is 256 g/mol. The molecule has 0 aromatic heterocycles. The maximum atomic E-state index is 11.1. The lowest BCUT2D eigenvalue weighted by atomic mass is 10.2. The zero-order valence-electron chi connectivity index (χ0n) is 10.2. The molecule has 1 aromatic carbocycles. The van der Waals surface area contributed by atoms with Crippen LogP contribution in [0.1, 0.15) is 16.8 Å². The molecule has 0 saturated carbocycles. The van der Waals surface area contributed by atoms with Crippen molar-refractivity contribution in [1.82, 2.24) is 5.32 Å². The Kier molecular flexibility index (Phi) is 4.97. The van der Waals surface area contributed by atoms with Crippen molar-refractivity contribution in [1.29, 1.82) is 0 Å². The van der Waals surface area contributed by atoms with Gasteiger partial charge in [0.15, 0.2) is 0 Å². The molecule has 0 heterocycles. The summed E-state index contributed by atoms with van der Waals surface area (Å²) >= 11 is 6.01. The fourth-order valence-electron chi connectivity index (χ4n) is 1.46. The number of anilines is 1. The maximum absolute atomic E-state index is 11.1. The summed E-state index contributed by atoms with van der Waals surface area (Å²) in [5, 5.41) is 11.7. The highest BCUT2D eigenvalue weighted by atomic mass is 35.5. The number of hydrogen-bond acceptors (Lipinski definition) is 3. The van der Waals surface area contributed by atoms with Crippen LogP contribution in [0.3, 0.4) is 0 Å². The summed E-state index contributed by atoms with van der Waals surface area (Å²) in [6, 6.07) is 4.52. The number of nitrogens with zero attached hydrogens (tertiary/aromatic N) is 1. The lowest BCUT2D eigenvalue weighted by Gasteiger charge is -2.20. The quantitative estimate of drug-likeness (QED) is 0.853. The molecule has 0 aliphatic heterocycles. The molecule has 1 amide bonds. The van der Waals surface area contributed by atoms with Crippen LogP contribution >= 0.6 is 11.6 Å². The predicted octanol–water partition coefficient (Wildman–Crippen LogP) is 1.61. The van der Waals surface area contributed by atoms with Crippen molar-refractivity contribution >= 4 is 29.2 Å². The highest BCUT2D eigenvalue weighted by Gasteiger charge is 2.11. The van der Waals surface area contributed by atoms with Gasteiger partial charge in [-0.1, -0.05) is 11.6 Å². The van der Waals surface area contributed by atoms with E-state index in [9.17, 15) is 9.59 Å². The summed E-state index contributed by atoms with van der Waals surface area (Å²) < 4.78 is 0. The fraction of sp³-hybridized carbons (Fsp3) is 0.333. The summed E-state index contributed by atoms with van der Waals surface area (Å²) in [5.74, 6) is -1.07. The highest BCUT2D eigenvalue weighted by Crippen LogP contribution is 2.26. The van der Waals surface area contributed by atoms with Crippen molar-refractivity contribution in [2.75, 3.05) is 25.5 Å². The Balaban J connectivity index is 2.77. The molecule has 0 saturated heterocycles. The fourth-order valence-corrected chi connectivity index (χ4v) is 1.79. The van der Waals surface area contributed by atoms with Crippen molar-refractivity contribution in [3.63, 3.8) is 0 Å². The first-order chi connectivity index (χ1) is 8.45. The summed E-state index contributed by atoms with van der Waals surface area (Å²) in [6.07, 6.45) is 0.351. The molecule has 0 unspecified atom stereocenters. The monoisotopic (exact) mass is 270 g/mol. The minimum absolute atomic E-state index is 0.0554. The third-order valence-electron chi connectivity index (χ3n) is 2.56. The van der Waals surface area contributed by atoms with Gasteiger partial charge in [-0.3, -0.25) is 4.79 Å². The van der Waals surface area contributed by atoms with E-state index in [2.05, 4.69) is 5.32 Å². The van der Waals surface area contributed by atoms with E-state index in [0.29, 0.717) is 23.7 Å². The van der Waals surface area contributed by atoms with Gasteiger partial charge in [0.1, 0.15) is 0 Å². The molecule has 0 spiro atoms. The number of carbonyl (C=O) groups is 2. The Morgan fingerprint density at radius 2 is 2.11 bits per heavy atom. The first kappa shape index (κ1) is 14.3. The largest absolute Gasteiger partial charge is 0.478 e. The number of nitrogens with one attached hydrogen (secondary N) is 1. The number of aromatic carboxylic acids is 1. The van der Waals surface area contributed by atoms with Gasteiger partial charge in [-0.05, 0) is 18.2 Å². The summed E-state index contributed by atoms with van der Waals surface area (Å²) in [4.78, 5) is 23.7. The minimum atomic E-state index is -1.02. The van der Waals surface area contributed by atoms with Crippen molar-refractivity contribution in [2.24, 2.45) is 0 Å². The first-order valence-electron chi connectivity index (χ1n) is 5.40. The molecule has 2 N–H and O–H groups in total. The van der Waals surface area contributed by atoms with Gasteiger partial charge in [-0.15, -0.1) is 0 Å². The molecule has 0 bridgehead atoms. The number of benzene rings is 1. The number of halogens is 1. The van der Waals surface area contributed by atoms with Crippen molar-refractivity contribution in [2.45, 2.75) is 6.42 Å². The summed E-state index contributed by atoms with van der Waals surface area (Å²) in [6.45, 7) is 0.506. The van der Waals surface area contributed by atoms with Crippen LogP contribution in [0.4, 0.5) is 5.69 Å². The van der Waals surface area contributed by atoms with Gasteiger partial charge in [0.25, 0.3) is 0 Å². The topological polar surface area (TPSA) is 69.6 Å². The molecule has 0 aliphatic carbocycles. The maximum Gasteiger partial charge on any atom is 0.335 e. The molecular formula is C12H15ClN2O3. The molecule has 0 radical (unpaired) electrons. The number of rotatable bonds is 5. The lowest BCUT2D eigenvalue weighted by Crippen LogP contribution is -2.26. The van der Waals surface area contributed by atoms with Crippen molar-refractivity contribution < 1.29 is 14.7 Å². The standard InChI is InChI=1S/C12H15ClN2O3/c1-14-11(16)5-6-15(2)10-4-3-8(12(17)18)7-9(10)13/h3-4,7H,5-6H2,1-2H3,(H,14,16)(H,17,18). The third kappa shape index (κ3) is 3.63. The molecule has 98 valence electrons. The summed E-state index contributed by atoms with van der Waals surface area (Å²) in [5.41, 5.74) is 0.842. The van der Waals surface area contributed by atoms with Crippen LogP contribution in [-0.4, -0.2) is 37.6 Å². The van der Waals surface area contributed by atoms with E-state index >= 15 is 0 Å². The number of carboxylic acids is 1. The predicted molar refractivity (Wildman–Crippen MR) is 70.4 cm³/mol. The lowest BCUT2D eigenvalue weighted by molar-refractivity contribution is -0.120. The SMILES string of the molecule is CNC(=O)CCN(C)c1ccc(C(=O)O)cc1Cl. The molecule has 18 heavy (non-hydrogen) atoms. The second kappa shape index (κ2) is 6.26. The zero-order valence-corrected chi connectivity index (χ0v) is 11.0. The van der Waals surface area contributed by atoms with E-state index < -0.39 is 5.97 Å². The van der Waals surface area contributed by atoms with Crippen LogP contribution in [0.25, 0.3) is 0 Å². The number of amides is 1. The smallest absolute Gasteiger partial charge is 0.335 e. The van der Waals surface area contributed by atoms with E-state index in [1.54, 1.807) is 20.2 Å². The van der Waals surface area contributed by atoms with Gasteiger partial charge in [0.05, 0.1) is 16.3 Å². The molecule has 0 aliphatic rings. The second-order valence-electron chi connectivity index (χ2n) is 3.82. The molecule has 1 aromatic rings. The van der Waals surface area contributed by atoms with E-state index in [1.165, 1.54) is 12.1 Å². The van der Waals surface area contributed by atoms with E-state index in [0.717, 1.165) is 0 Å². The van der Waals surface area contributed by atoms with Gasteiger partial charge in [0.2, 0.25) is 5.91 Å².